The topological polar surface area (TPSA) is 102 Å². The van der Waals surface area contributed by atoms with Crippen molar-refractivity contribution in [2.45, 2.75) is 25.7 Å². The van der Waals surface area contributed by atoms with Crippen molar-refractivity contribution < 1.29 is 27.9 Å². The van der Waals surface area contributed by atoms with E-state index in [1.165, 1.54) is 40.1 Å². The van der Waals surface area contributed by atoms with Crippen LogP contribution < -0.4 is 5.32 Å². The third-order valence-electron chi connectivity index (χ3n) is 3.98. The van der Waals surface area contributed by atoms with E-state index in [1.807, 2.05) is 0 Å². The van der Waals surface area contributed by atoms with Crippen molar-refractivity contribution in [1.29, 1.82) is 0 Å². The number of carboxylic acids is 1. The second kappa shape index (κ2) is 8.17. The van der Waals surface area contributed by atoms with E-state index in [-0.39, 0.29) is 25.2 Å². The van der Waals surface area contributed by atoms with Gasteiger partial charge in [-0.1, -0.05) is 12.1 Å². The number of carbonyl (C=O) groups is 2. The zero-order chi connectivity index (χ0) is 21.0. The van der Waals surface area contributed by atoms with Gasteiger partial charge in [0.05, 0.1) is 37.0 Å². The standard InChI is InChI=1S/C18H16F3N5O3/c19-18(20,21)13-3-1-2-12(8-13)10-25-11-14(9-23-25)24-17(29)15-4-6-22-26(15)7-5-16(27)28/h1-4,6,8-9,11H,5,7,10H2,(H,24,29)(H,27,28). The van der Waals surface area contributed by atoms with Gasteiger partial charge in [0.1, 0.15) is 5.69 Å². The quantitative estimate of drug-likeness (QED) is 0.627. The molecule has 0 unspecified atom stereocenters. The molecule has 0 saturated carbocycles. The van der Waals surface area contributed by atoms with Crippen LogP contribution in [-0.2, 0) is 24.1 Å². The van der Waals surface area contributed by atoms with Crippen molar-refractivity contribution in [3.63, 3.8) is 0 Å². The molecule has 0 spiro atoms. The van der Waals surface area contributed by atoms with Gasteiger partial charge in [-0.3, -0.25) is 19.0 Å². The summed E-state index contributed by atoms with van der Waals surface area (Å²) >= 11 is 0. The fraction of sp³-hybridized carbons (Fsp3) is 0.222. The van der Waals surface area contributed by atoms with Gasteiger partial charge in [-0.05, 0) is 23.8 Å². The Morgan fingerprint density at radius 1 is 1.17 bits per heavy atom. The number of hydrogen-bond donors (Lipinski definition) is 2. The second-order valence-electron chi connectivity index (χ2n) is 6.16. The number of aromatic nitrogens is 4. The minimum absolute atomic E-state index is 0.0416. The summed E-state index contributed by atoms with van der Waals surface area (Å²) < 4.78 is 41.1. The molecule has 0 bridgehead atoms. The number of halogens is 3. The van der Waals surface area contributed by atoms with Crippen LogP contribution >= 0.6 is 0 Å². The van der Waals surface area contributed by atoms with E-state index in [9.17, 15) is 22.8 Å². The maximum Gasteiger partial charge on any atom is 0.416 e. The Bertz CT molecular complexity index is 1030. The molecule has 1 amide bonds. The lowest BCUT2D eigenvalue weighted by molar-refractivity contribution is -0.138. The second-order valence-corrected chi connectivity index (χ2v) is 6.16. The largest absolute Gasteiger partial charge is 0.481 e. The first-order chi connectivity index (χ1) is 13.7. The van der Waals surface area contributed by atoms with Gasteiger partial charge in [-0.15, -0.1) is 0 Å². The average Bonchev–Trinajstić information content (AvgIpc) is 3.29. The Kier molecular flexibility index (Phi) is 5.66. The molecule has 8 nitrogen and oxygen atoms in total. The number of benzene rings is 1. The fourth-order valence-electron chi connectivity index (χ4n) is 2.65. The lowest BCUT2D eigenvalue weighted by Gasteiger charge is -2.08. The zero-order valence-corrected chi connectivity index (χ0v) is 14.9. The van der Waals surface area contributed by atoms with Crippen molar-refractivity contribution in [1.82, 2.24) is 19.6 Å². The molecule has 2 aromatic heterocycles. The first-order valence-corrected chi connectivity index (χ1v) is 8.46. The van der Waals surface area contributed by atoms with Gasteiger partial charge in [0, 0.05) is 12.4 Å². The van der Waals surface area contributed by atoms with Crippen LogP contribution in [0.3, 0.4) is 0 Å². The molecule has 3 aromatic rings. The first-order valence-electron chi connectivity index (χ1n) is 8.46. The molecule has 0 radical (unpaired) electrons. The lowest BCUT2D eigenvalue weighted by atomic mass is 10.1. The van der Waals surface area contributed by atoms with Crippen LogP contribution in [0, 0.1) is 0 Å². The van der Waals surface area contributed by atoms with Crippen LogP contribution in [0.25, 0.3) is 0 Å². The predicted molar refractivity (Wildman–Crippen MR) is 95.2 cm³/mol. The molecule has 0 aliphatic heterocycles. The van der Waals surface area contributed by atoms with E-state index in [1.54, 1.807) is 6.07 Å². The summed E-state index contributed by atoms with van der Waals surface area (Å²) in [5.74, 6) is -1.52. The minimum atomic E-state index is -4.43. The molecule has 0 saturated heterocycles. The molecule has 0 atom stereocenters. The molecule has 3 rings (SSSR count). The average molecular weight is 407 g/mol. The Balaban J connectivity index is 1.66. The Labute approximate surface area is 162 Å². The summed E-state index contributed by atoms with van der Waals surface area (Å²) in [4.78, 5) is 23.1. The van der Waals surface area contributed by atoms with Crippen molar-refractivity contribution >= 4 is 17.6 Å². The number of nitrogens with zero attached hydrogens (tertiary/aromatic N) is 4. The van der Waals surface area contributed by atoms with Gasteiger partial charge >= 0.3 is 12.1 Å². The number of carboxylic acid groups (broad SMARTS) is 1. The number of rotatable bonds is 7. The Morgan fingerprint density at radius 2 is 1.97 bits per heavy atom. The van der Waals surface area contributed by atoms with E-state index in [0.29, 0.717) is 11.3 Å². The first kappa shape index (κ1) is 20.1. The number of nitrogens with one attached hydrogen (secondary N) is 1. The minimum Gasteiger partial charge on any atom is -0.481 e. The van der Waals surface area contributed by atoms with Crippen molar-refractivity contribution in [3.05, 3.63) is 65.7 Å². The van der Waals surface area contributed by atoms with Gasteiger partial charge in [-0.2, -0.15) is 23.4 Å². The molecular weight excluding hydrogens is 391 g/mol. The van der Waals surface area contributed by atoms with E-state index >= 15 is 0 Å². The molecule has 0 fully saturated rings. The molecule has 2 N–H and O–H groups in total. The van der Waals surface area contributed by atoms with Gasteiger partial charge < -0.3 is 10.4 Å². The van der Waals surface area contributed by atoms with Crippen molar-refractivity contribution in [2.75, 3.05) is 5.32 Å². The molecule has 2 heterocycles. The van der Waals surface area contributed by atoms with Crippen molar-refractivity contribution in [3.8, 4) is 0 Å². The zero-order valence-electron chi connectivity index (χ0n) is 14.9. The van der Waals surface area contributed by atoms with E-state index in [4.69, 9.17) is 5.11 Å². The number of aryl methyl sites for hydroxylation is 1. The van der Waals surface area contributed by atoms with E-state index in [2.05, 4.69) is 15.5 Å². The number of alkyl halides is 3. The van der Waals surface area contributed by atoms with Crippen molar-refractivity contribution in [2.24, 2.45) is 0 Å². The monoisotopic (exact) mass is 407 g/mol. The van der Waals surface area contributed by atoms with Gasteiger partial charge in [0.15, 0.2) is 0 Å². The summed E-state index contributed by atoms with van der Waals surface area (Å²) in [7, 11) is 0. The molecule has 11 heteroatoms. The van der Waals surface area contributed by atoms with Crippen LogP contribution in [0.15, 0.2) is 48.9 Å². The number of hydrogen-bond acceptors (Lipinski definition) is 4. The number of carbonyl (C=O) groups excluding carboxylic acids is 1. The smallest absolute Gasteiger partial charge is 0.416 e. The fourth-order valence-corrected chi connectivity index (χ4v) is 2.65. The lowest BCUT2D eigenvalue weighted by Crippen LogP contribution is -2.18. The van der Waals surface area contributed by atoms with Crippen LogP contribution in [0.1, 0.15) is 28.0 Å². The summed E-state index contributed by atoms with van der Waals surface area (Å²) in [6.07, 6.45) is -0.382. The van der Waals surface area contributed by atoms with Crippen LogP contribution in [0.5, 0.6) is 0 Å². The predicted octanol–water partition coefficient (Wildman–Crippen LogP) is 2.87. The third-order valence-corrected chi connectivity index (χ3v) is 3.98. The molecular formula is C18H16F3N5O3. The van der Waals surface area contributed by atoms with Gasteiger partial charge in [-0.25, -0.2) is 0 Å². The highest BCUT2D eigenvalue weighted by molar-refractivity contribution is 6.02. The Morgan fingerprint density at radius 3 is 2.69 bits per heavy atom. The van der Waals surface area contributed by atoms with Gasteiger partial charge in [0.2, 0.25) is 0 Å². The highest BCUT2D eigenvalue weighted by Gasteiger charge is 2.30. The maximum atomic E-state index is 12.8. The SMILES string of the molecule is O=C(O)CCn1nccc1C(=O)Nc1cnn(Cc2cccc(C(F)(F)F)c2)c1. The summed E-state index contributed by atoms with van der Waals surface area (Å²) in [6.45, 7) is 0.135. The highest BCUT2D eigenvalue weighted by atomic mass is 19.4. The molecule has 1 aromatic carbocycles. The maximum absolute atomic E-state index is 12.8. The number of aliphatic carboxylic acids is 1. The summed E-state index contributed by atoms with van der Waals surface area (Å²) in [5.41, 5.74) is 0.183. The van der Waals surface area contributed by atoms with Crippen LogP contribution in [-0.4, -0.2) is 36.5 Å². The van der Waals surface area contributed by atoms with Crippen LogP contribution in [0.4, 0.5) is 18.9 Å². The summed E-state index contributed by atoms with van der Waals surface area (Å²) in [5, 5.41) is 19.3. The highest BCUT2D eigenvalue weighted by Crippen LogP contribution is 2.29. The van der Waals surface area contributed by atoms with E-state index < -0.39 is 23.6 Å². The third kappa shape index (κ3) is 5.21. The molecule has 29 heavy (non-hydrogen) atoms. The van der Waals surface area contributed by atoms with Crippen LogP contribution in [0.2, 0.25) is 0 Å². The number of amides is 1. The molecule has 152 valence electrons. The van der Waals surface area contributed by atoms with Gasteiger partial charge in [0.25, 0.3) is 5.91 Å². The number of anilines is 1. The normalized spacial score (nSPS) is 11.4. The van der Waals surface area contributed by atoms with E-state index in [0.717, 1.165) is 12.1 Å². The molecule has 0 aliphatic carbocycles. The molecule has 0 aliphatic rings. The Hall–Kier alpha value is -3.63. The summed E-state index contributed by atoms with van der Waals surface area (Å²) in [6, 6.07) is 6.36.